The van der Waals surface area contributed by atoms with Gasteiger partial charge in [0.2, 0.25) is 10.0 Å². The molecule has 1 amide bonds. The molecule has 184 valence electrons. The fourth-order valence-corrected chi connectivity index (χ4v) is 4.43. The van der Waals surface area contributed by atoms with E-state index < -0.39 is 29.1 Å². The lowest BCUT2D eigenvalue weighted by Crippen LogP contribution is -2.40. The summed E-state index contributed by atoms with van der Waals surface area (Å²) in [6.45, 7) is -2.28. The molecule has 2 aromatic carbocycles. The summed E-state index contributed by atoms with van der Waals surface area (Å²) in [5.41, 5.74) is 0.689. The first kappa shape index (κ1) is 25.3. The zero-order valence-electron chi connectivity index (χ0n) is 18.1. The molecule has 0 radical (unpaired) electrons. The summed E-state index contributed by atoms with van der Waals surface area (Å²) in [4.78, 5) is 17.2. The number of amides is 1. The van der Waals surface area contributed by atoms with Gasteiger partial charge >= 0.3 is 6.61 Å². The number of nitrogens with zero attached hydrogens (tertiary/aromatic N) is 2. The van der Waals surface area contributed by atoms with Gasteiger partial charge in [0.15, 0.2) is 6.61 Å². The van der Waals surface area contributed by atoms with E-state index in [2.05, 4.69) is 15.2 Å². The van der Waals surface area contributed by atoms with Gasteiger partial charge in [-0.25, -0.2) is 8.42 Å². The second kappa shape index (κ2) is 11.7. The third-order valence-corrected chi connectivity index (χ3v) is 6.52. The standard InChI is InChI=1S/C21H23F2N3O7S/c1-30-19-7-6-17(34(28,29)26-8-10-31-11-9-26)12-18(19)25-20(27)14-32-24-13-15-2-4-16(5-3-15)33-21(22)23/h2-7,12-13,21H,8-11,14H2,1H3,(H,25,27)/b24-13+. The van der Waals surface area contributed by atoms with Crippen molar-refractivity contribution >= 4 is 27.8 Å². The second-order valence-electron chi connectivity index (χ2n) is 6.88. The fourth-order valence-electron chi connectivity index (χ4n) is 3.00. The summed E-state index contributed by atoms with van der Waals surface area (Å²) in [6.07, 6.45) is 1.29. The van der Waals surface area contributed by atoms with E-state index in [0.717, 1.165) is 0 Å². The molecule has 0 spiro atoms. The molecule has 0 aliphatic carbocycles. The molecule has 34 heavy (non-hydrogen) atoms. The van der Waals surface area contributed by atoms with Crippen molar-refractivity contribution in [2.45, 2.75) is 11.5 Å². The zero-order valence-corrected chi connectivity index (χ0v) is 19.0. The zero-order chi connectivity index (χ0) is 24.6. The van der Waals surface area contributed by atoms with Crippen LogP contribution in [0.1, 0.15) is 5.56 Å². The van der Waals surface area contributed by atoms with Crippen molar-refractivity contribution in [2.75, 3.05) is 45.3 Å². The Bertz CT molecular complexity index is 1110. The number of sulfonamides is 1. The average molecular weight is 499 g/mol. The number of ether oxygens (including phenoxy) is 3. The van der Waals surface area contributed by atoms with Crippen molar-refractivity contribution in [2.24, 2.45) is 5.16 Å². The van der Waals surface area contributed by atoms with Crippen LogP contribution >= 0.6 is 0 Å². The Labute approximate surface area is 195 Å². The maximum Gasteiger partial charge on any atom is 0.387 e. The Morgan fingerprint density at radius 1 is 1.21 bits per heavy atom. The van der Waals surface area contributed by atoms with E-state index in [0.29, 0.717) is 18.8 Å². The van der Waals surface area contributed by atoms with Crippen molar-refractivity contribution in [1.82, 2.24) is 4.31 Å². The highest BCUT2D eigenvalue weighted by atomic mass is 32.2. The largest absolute Gasteiger partial charge is 0.495 e. The third-order valence-electron chi connectivity index (χ3n) is 4.63. The second-order valence-corrected chi connectivity index (χ2v) is 8.82. The Morgan fingerprint density at radius 3 is 2.56 bits per heavy atom. The van der Waals surface area contributed by atoms with Crippen LogP contribution in [0.15, 0.2) is 52.5 Å². The molecule has 1 saturated heterocycles. The quantitative estimate of drug-likeness (QED) is 0.394. The highest BCUT2D eigenvalue weighted by Crippen LogP contribution is 2.29. The fraction of sp³-hybridized carbons (Fsp3) is 0.333. The SMILES string of the molecule is COc1ccc(S(=O)(=O)N2CCOCC2)cc1NC(=O)CO/N=C/c1ccc(OC(F)F)cc1. The van der Waals surface area contributed by atoms with E-state index in [1.165, 1.54) is 60.1 Å². The minimum absolute atomic E-state index is 0.000687. The molecule has 0 aromatic heterocycles. The summed E-state index contributed by atoms with van der Waals surface area (Å²) in [5, 5.41) is 6.20. The number of benzene rings is 2. The van der Waals surface area contributed by atoms with Crippen molar-refractivity contribution in [3.8, 4) is 11.5 Å². The van der Waals surface area contributed by atoms with Gasteiger partial charge in [-0.3, -0.25) is 4.79 Å². The molecule has 3 rings (SSSR count). The molecule has 1 heterocycles. The predicted molar refractivity (Wildman–Crippen MR) is 118 cm³/mol. The van der Waals surface area contributed by atoms with Gasteiger partial charge in [-0.05, 0) is 48.0 Å². The topological polar surface area (TPSA) is 116 Å². The van der Waals surface area contributed by atoms with Crippen LogP contribution in [0.25, 0.3) is 0 Å². The molecule has 1 N–H and O–H groups in total. The van der Waals surface area contributed by atoms with Crippen LogP contribution in [0.2, 0.25) is 0 Å². The number of carbonyl (C=O) groups is 1. The van der Waals surface area contributed by atoms with Gasteiger partial charge in [0.05, 0.1) is 37.1 Å². The van der Waals surface area contributed by atoms with Crippen LogP contribution in [0, 0.1) is 0 Å². The van der Waals surface area contributed by atoms with Gasteiger partial charge in [0.1, 0.15) is 11.5 Å². The molecule has 0 bridgehead atoms. The van der Waals surface area contributed by atoms with Gasteiger partial charge in [0.25, 0.3) is 5.91 Å². The minimum Gasteiger partial charge on any atom is -0.495 e. The lowest BCUT2D eigenvalue weighted by atomic mass is 10.2. The Hall–Kier alpha value is -3.29. The first-order valence-corrected chi connectivity index (χ1v) is 11.5. The number of rotatable bonds is 10. The molecule has 2 aromatic rings. The lowest BCUT2D eigenvalue weighted by molar-refractivity contribution is -0.120. The summed E-state index contributed by atoms with van der Waals surface area (Å²) in [7, 11) is -2.38. The number of carbonyl (C=O) groups excluding carboxylic acids is 1. The molecule has 1 aliphatic heterocycles. The molecule has 0 unspecified atom stereocenters. The number of hydrogen-bond donors (Lipinski definition) is 1. The first-order valence-electron chi connectivity index (χ1n) is 10.1. The molecule has 10 nitrogen and oxygen atoms in total. The van der Waals surface area contributed by atoms with Crippen LogP contribution in [-0.2, 0) is 24.4 Å². The van der Waals surface area contributed by atoms with Crippen molar-refractivity contribution < 1.29 is 41.0 Å². The predicted octanol–water partition coefficient (Wildman–Crippen LogP) is 2.31. The molecular weight excluding hydrogens is 476 g/mol. The Balaban J connectivity index is 1.59. The highest BCUT2D eigenvalue weighted by molar-refractivity contribution is 7.89. The summed E-state index contributed by atoms with van der Waals surface area (Å²) < 4.78 is 66.0. The maximum atomic E-state index is 12.9. The summed E-state index contributed by atoms with van der Waals surface area (Å²) >= 11 is 0. The number of halogens is 2. The van der Waals surface area contributed by atoms with E-state index in [1.54, 1.807) is 0 Å². The van der Waals surface area contributed by atoms with E-state index in [9.17, 15) is 22.0 Å². The Morgan fingerprint density at radius 2 is 1.91 bits per heavy atom. The monoisotopic (exact) mass is 499 g/mol. The summed E-state index contributed by atoms with van der Waals surface area (Å²) in [5.74, 6) is -0.333. The third kappa shape index (κ3) is 6.85. The average Bonchev–Trinajstić information content (AvgIpc) is 2.83. The Kier molecular flexibility index (Phi) is 8.73. The van der Waals surface area contributed by atoms with Crippen LogP contribution in [-0.4, -0.2) is 71.5 Å². The maximum absolute atomic E-state index is 12.9. The summed E-state index contributed by atoms with van der Waals surface area (Å²) in [6, 6.07) is 9.80. The molecule has 1 aliphatic rings. The van der Waals surface area contributed by atoms with E-state index in [-0.39, 0.29) is 35.2 Å². The van der Waals surface area contributed by atoms with Gasteiger partial charge in [-0.15, -0.1) is 0 Å². The lowest BCUT2D eigenvalue weighted by Gasteiger charge is -2.26. The molecule has 0 atom stereocenters. The molecule has 1 fully saturated rings. The number of nitrogens with one attached hydrogen (secondary N) is 1. The number of morpholine rings is 1. The number of alkyl halides is 2. The molecular formula is C21H23F2N3O7S. The van der Waals surface area contributed by atoms with Crippen LogP contribution in [0.5, 0.6) is 11.5 Å². The minimum atomic E-state index is -3.77. The molecule has 0 saturated carbocycles. The van der Waals surface area contributed by atoms with E-state index in [1.807, 2.05) is 0 Å². The highest BCUT2D eigenvalue weighted by Gasteiger charge is 2.27. The van der Waals surface area contributed by atoms with Gasteiger partial charge in [-0.2, -0.15) is 13.1 Å². The van der Waals surface area contributed by atoms with Crippen molar-refractivity contribution in [3.05, 3.63) is 48.0 Å². The number of methoxy groups -OCH3 is 1. The van der Waals surface area contributed by atoms with Gasteiger partial charge < -0.3 is 24.4 Å². The smallest absolute Gasteiger partial charge is 0.387 e. The molecule has 13 heteroatoms. The first-order chi connectivity index (χ1) is 16.3. The van der Waals surface area contributed by atoms with Gasteiger partial charge in [-0.1, -0.05) is 5.16 Å². The van der Waals surface area contributed by atoms with Crippen molar-refractivity contribution in [1.29, 1.82) is 0 Å². The van der Waals surface area contributed by atoms with E-state index >= 15 is 0 Å². The van der Waals surface area contributed by atoms with E-state index in [4.69, 9.17) is 14.3 Å². The normalized spacial score (nSPS) is 14.8. The van der Waals surface area contributed by atoms with Crippen LogP contribution in [0.3, 0.4) is 0 Å². The van der Waals surface area contributed by atoms with Crippen LogP contribution in [0.4, 0.5) is 14.5 Å². The van der Waals surface area contributed by atoms with Gasteiger partial charge in [0, 0.05) is 13.1 Å². The number of oxime groups is 1. The number of hydrogen-bond acceptors (Lipinski definition) is 8. The van der Waals surface area contributed by atoms with Crippen molar-refractivity contribution in [3.63, 3.8) is 0 Å². The number of anilines is 1. The van der Waals surface area contributed by atoms with Crippen LogP contribution < -0.4 is 14.8 Å².